The molecule has 0 saturated heterocycles. The summed E-state index contributed by atoms with van der Waals surface area (Å²) in [6.07, 6.45) is 0. The molecule has 3 N–H and O–H groups in total. The van der Waals surface area contributed by atoms with E-state index in [1.807, 2.05) is 22.6 Å². The van der Waals surface area contributed by atoms with Crippen LogP contribution in [0, 0.1) is 9.39 Å². The van der Waals surface area contributed by atoms with Crippen LogP contribution in [0.2, 0.25) is 0 Å². The molecule has 0 bridgehead atoms. The van der Waals surface area contributed by atoms with Crippen LogP contribution < -0.4 is 11.1 Å². The lowest BCUT2D eigenvalue weighted by Crippen LogP contribution is -2.23. The van der Waals surface area contributed by atoms with Gasteiger partial charge < -0.3 is 15.6 Å². The van der Waals surface area contributed by atoms with Crippen molar-refractivity contribution < 1.29 is 18.5 Å². The highest BCUT2D eigenvalue weighted by atomic mass is 127. The third kappa shape index (κ3) is 3.32. The quantitative estimate of drug-likeness (QED) is 0.774. The summed E-state index contributed by atoms with van der Waals surface area (Å²) in [5.74, 6) is -1.21. The number of nitrogens with two attached hydrogens (primary N) is 1. The maximum Gasteiger partial charge on any atom is 0.270 e. The van der Waals surface area contributed by atoms with Crippen molar-refractivity contribution in [2.45, 2.75) is 6.54 Å². The molecule has 0 saturated carbocycles. The molecule has 1 aromatic carbocycles. The lowest BCUT2D eigenvalue weighted by Gasteiger charge is -2.05. The molecule has 1 heterocycles. The van der Waals surface area contributed by atoms with Crippen LogP contribution in [-0.2, 0) is 6.54 Å². The Labute approximate surface area is 126 Å². The predicted molar refractivity (Wildman–Crippen MR) is 75.3 cm³/mol. The maximum atomic E-state index is 12.9. The molecule has 0 aliphatic carbocycles. The van der Waals surface area contributed by atoms with Crippen LogP contribution in [0.5, 0.6) is 0 Å². The highest BCUT2D eigenvalue weighted by Crippen LogP contribution is 2.14. The molecule has 0 aliphatic rings. The SMILES string of the molecule is NC(=O)c1cc(CNC(=O)c2ccc(F)cc2I)on1. The Bertz CT molecular complexity index is 672. The summed E-state index contributed by atoms with van der Waals surface area (Å²) in [5, 5.41) is 6.02. The van der Waals surface area contributed by atoms with Gasteiger partial charge in [-0.2, -0.15) is 0 Å². The van der Waals surface area contributed by atoms with Gasteiger partial charge in [0, 0.05) is 9.64 Å². The highest BCUT2D eigenvalue weighted by molar-refractivity contribution is 14.1. The molecule has 0 unspecified atom stereocenters. The van der Waals surface area contributed by atoms with Crippen LogP contribution in [0.1, 0.15) is 26.6 Å². The zero-order valence-electron chi connectivity index (χ0n) is 10.0. The van der Waals surface area contributed by atoms with E-state index in [1.54, 1.807) is 0 Å². The molecule has 0 spiro atoms. The molecule has 6 nitrogen and oxygen atoms in total. The fraction of sp³-hybridized carbons (Fsp3) is 0.0833. The number of carbonyl (C=O) groups excluding carboxylic acids is 2. The normalized spacial score (nSPS) is 10.3. The Morgan fingerprint density at radius 2 is 2.15 bits per heavy atom. The summed E-state index contributed by atoms with van der Waals surface area (Å²) in [6, 6.07) is 5.20. The Hall–Kier alpha value is -1.97. The van der Waals surface area contributed by atoms with Crippen molar-refractivity contribution in [3.05, 3.63) is 50.7 Å². The second kappa shape index (κ2) is 5.99. The van der Waals surface area contributed by atoms with Crippen LogP contribution in [0.4, 0.5) is 4.39 Å². The minimum Gasteiger partial charge on any atom is -0.364 e. The summed E-state index contributed by atoms with van der Waals surface area (Å²) in [6.45, 7) is 0.0482. The Morgan fingerprint density at radius 1 is 1.40 bits per heavy atom. The average molecular weight is 389 g/mol. The third-order valence-corrected chi connectivity index (χ3v) is 3.30. The summed E-state index contributed by atoms with van der Waals surface area (Å²) >= 11 is 1.87. The predicted octanol–water partition coefficient (Wildman–Crippen LogP) is 1.45. The van der Waals surface area contributed by atoms with E-state index in [2.05, 4.69) is 10.5 Å². The van der Waals surface area contributed by atoms with E-state index < -0.39 is 11.7 Å². The Morgan fingerprint density at radius 3 is 2.75 bits per heavy atom. The van der Waals surface area contributed by atoms with Gasteiger partial charge in [0.05, 0.1) is 12.1 Å². The second-order valence-electron chi connectivity index (χ2n) is 3.85. The lowest BCUT2D eigenvalue weighted by molar-refractivity contribution is 0.0943. The van der Waals surface area contributed by atoms with Crippen molar-refractivity contribution in [1.29, 1.82) is 0 Å². The first-order valence-corrected chi connectivity index (χ1v) is 6.54. The molecule has 104 valence electrons. The van der Waals surface area contributed by atoms with E-state index in [9.17, 15) is 14.0 Å². The molecule has 0 aliphatic heterocycles. The van der Waals surface area contributed by atoms with Crippen LogP contribution in [0.15, 0.2) is 28.8 Å². The van der Waals surface area contributed by atoms with Crippen LogP contribution in [0.25, 0.3) is 0 Å². The van der Waals surface area contributed by atoms with Gasteiger partial charge in [-0.15, -0.1) is 0 Å². The number of halogens is 2. The molecular formula is C12H9FIN3O3. The fourth-order valence-electron chi connectivity index (χ4n) is 1.45. The molecular weight excluding hydrogens is 380 g/mol. The van der Waals surface area contributed by atoms with Gasteiger partial charge >= 0.3 is 0 Å². The first-order valence-electron chi connectivity index (χ1n) is 5.46. The number of hydrogen-bond donors (Lipinski definition) is 2. The van der Waals surface area contributed by atoms with Crippen molar-refractivity contribution >= 4 is 34.4 Å². The number of primary amides is 1. The number of nitrogens with zero attached hydrogens (tertiary/aromatic N) is 1. The monoisotopic (exact) mass is 389 g/mol. The van der Waals surface area contributed by atoms with Gasteiger partial charge in [-0.1, -0.05) is 5.16 Å². The van der Waals surface area contributed by atoms with Gasteiger partial charge in [0.2, 0.25) is 0 Å². The maximum absolute atomic E-state index is 12.9. The van der Waals surface area contributed by atoms with Crippen LogP contribution >= 0.6 is 22.6 Å². The Balaban J connectivity index is 2.02. The molecule has 1 aromatic heterocycles. The topological polar surface area (TPSA) is 98.2 Å². The molecule has 20 heavy (non-hydrogen) atoms. The van der Waals surface area contributed by atoms with Crippen molar-refractivity contribution in [2.24, 2.45) is 5.73 Å². The van der Waals surface area contributed by atoms with Gasteiger partial charge in [0.25, 0.3) is 11.8 Å². The molecule has 0 fully saturated rings. The lowest BCUT2D eigenvalue weighted by atomic mass is 10.2. The fourth-order valence-corrected chi connectivity index (χ4v) is 2.17. The largest absolute Gasteiger partial charge is 0.364 e. The smallest absolute Gasteiger partial charge is 0.270 e. The summed E-state index contributed by atoms with van der Waals surface area (Å²) in [7, 11) is 0. The minimum atomic E-state index is -0.709. The van der Waals surface area contributed by atoms with Crippen molar-refractivity contribution in [3.8, 4) is 0 Å². The molecule has 2 rings (SSSR count). The summed E-state index contributed by atoms with van der Waals surface area (Å²) in [4.78, 5) is 22.7. The number of amides is 2. The minimum absolute atomic E-state index is 0.00869. The van der Waals surface area contributed by atoms with Gasteiger partial charge in [-0.25, -0.2) is 4.39 Å². The second-order valence-corrected chi connectivity index (χ2v) is 5.01. The van der Waals surface area contributed by atoms with Crippen molar-refractivity contribution in [3.63, 3.8) is 0 Å². The highest BCUT2D eigenvalue weighted by Gasteiger charge is 2.13. The number of aromatic nitrogens is 1. The van der Waals surface area contributed by atoms with Crippen LogP contribution in [0.3, 0.4) is 0 Å². The zero-order valence-corrected chi connectivity index (χ0v) is 12.2. The Kier molecular flexibility index (Phi) is 4.32. The van der Waals surface area contributed by atoms with Gasteiger partial charge in [0.15, 0.2) is 11.5 Å². The van der Waals surface area contributed by atoms with Gasteiger partial charge in [-0.3, -0.25) is 9.59 Å². The summed E-state index contributed by atoms with van der Waals surface area (Å²) in [5.41, 5.74) is 5.36. The van der Waals surface area contributed by atoms with Gasteiger partial charge in [-0.05, 0) is 40.8 Å². The summed E-state index contributed by atoms with van der Waals surface area (Å²) < 4.78 is 18.3. The third-order valence-electron chi connectivity index (χ3n) is 2.41. The molecule has 0 atom stereocenters. The molecule has 2 aromatic rings. The van der Waals surface area contributed by atoms with E-state index in [4.69, 9.17) is 10.3 Å². The molecule has 8 heteroatoms. The average Bonchev–Trinajstić information content (AvgIpc) is 2.85. The number of rotatable bonds is 4. The molecule has 2 amide bonds. The van der Waals surface area contributed by atoms with Crippen LogP contribution in [-0.4, -0.2) is 17.0 Å². The van der Waals surface area contributed by atoms with E-state index >= 15 is 0 Å². The number of hydrogen-bond acceptors (Lipinski definition) is 4. The van der Waals surface area contributed by atoms with E-state index in [1.165, 1.54) is 24.3 Å². The van der Waals surface area contributed by atoms with E-state index in [0.717, 1.165) is 0 Å². The van der Waals surface area contributed by atoms with Gasteiger partial charge in [0.1, 0.15) is 5.82 Å². The van der Waals surface area contributed by atoms with Crippen molar-refractivity contribution in [1.82, 2.24) is 10.5 Å². The number of carbonyl (C=O) groups is 2. The van der Waals surface area contributed by atoms with E-state index in [-0.39, 0.29) is 18.1 Å². The number of benzene rings is 1. The first kappa shape index (κ1) is 14.4. The first-order chi connectivity index (χ1) is 9.47. The molecule has 0 radical (unpaired) electrons. The van der Waals surface area contributed by atoms with E-state index in [0.29, 0.717) is 14.9 Å². The number of nitrogens with one attached hydrogen (secondary N) is 1. The standard InChI is InChI=1S/C12H9FIN3O3/c13-6-1-2-8(9(14)3-6)12(19)16-5-7-4-10(11(15)18)17-20-7/h1-4H,5H2,(H2,15,18)(H,16,19). The zero-order chi connectivity index (χ0) is 14.7. The van der Waals surface area contributed by atoms with Crippen molar-refractivity contribution in [2.75, 3.05) is 0 Å².